The number of phenolic OH excluding ortho intramolecular Hbond substituents is 1. The molecule has 2 aromatic carbocycles. The molecule has 0 aromatic heterocycles. The summed E-state index contributed by atoms with van der Waals surface area (Å²) in [5.74, 6) is -0.456. The number of hydrogen-bond donors (Lipinski definition) is 6. The molecule has 0 aliphatic heterocycles. The number of likely N-dealkylation sites (N-methyl/N-ethyl adjacent to an activating group) is 1. The zero-order valence-corrected chi connectivity index (χ0v) is 24.3. The van der Waals surface area contributed by atoms with Crippen LogP contribution in [0.25, 0.3) is 0 Å². The van der Waals surface area contributed by atoms with Crippen LogP contribution in [-0.2, 0) is 19.1 Å². The number of esters is 1. The number of phenols is 1. The van der Waals surface area contributed by atoms with Gasteiger partial charge in [-0.1, -0.05) is 17.7 Å². The van der Waals surface area contributed by atoms with Crippen LogP contribution in [0.2, 0.25) is 0 Å². The van der Waals surface area contributed by atoms with Crippen molar-refractivity contribution in [2.24, 2.45) is 0 Å². The normalized spacial score (nSPS) is 12.4. The maximum atomic E-state index is 12.3. The summed E-state index contributed by atoms with van der Waals surface area (Å²) in [5, 5.41) is 32.8. The Kier molecular flexibility index (Phi) is 18.3. The SMILES string of the molecule is CNC(CCC(=O)OC)C(CC(O)CNC(=O)c1cc(C)c(O)c(C)c1)OC.Cc1ccc(S)cc1.O=CO. The Balaban J connectivity index is 0.00000109. The summed E-state index contributed by atoms with van der Waals surface area (Å²) in [6.45, 7) is 5.32. The molecule has 3 unspecified atom stereocenters. The summed E-state index contributed by atoms with van der Waals surface area (Å²) in [6.07, 6.45) is -0.111. The third kappa shape index (κ3) is 14.6. The lowest BCUT2D eigenvalue weighted by Crippen LogP contribution is -2.43. The Hall–Kier alpha value is -3.12. The number of nitrogens with one attached hydrogen (secondary N) is 2. The highest BCUT2D eigenvalue weighted by Crippen LogP contribution is 2.22. The van der Waals surface area contributed by atoms with E-state index in [4.69, 9.17) is 14.6 Å². The van der Waals surface area contributed by atoms with Crippen molar-refractivity contribution in [3.8, 4) is 5.75 Å². The highest BCUT2D eigenvalue weighted by Gasteiger charge is 2.24. The van der Waals surface area contributed by atoms with Gasteiger partial charge in [0.1, 0.15) is 5.75 Å². The Morgan fingerprint density at radius 3 is 2.05 bits per heavy atom. The summed E-state index contributed by atoms with van der Waals surface area (Å²) in [4.78, 5) is 33.0. The number of aliphatic hydroxyl groups is 1. The van der Waals surface area contributed by atoms with Crippen LogP contribution in [-0.4, -0.2) is 79.7 Å². The first kappa shape index (κ1) is 35.9. The van der Waals surface area contributed by atoms with Crippen molar-refractivity contribution in [3.63, 3.8) is 0 Å². The molecule has 218 valence electrons. The van der Waals surface area contributed by atoms with Crippen molar-refractivity contribution in [1.29, 1.82) is 0 Å². The molecule has 0 aliphatic carbocycles. The van der Waals surface area contributed by atoms with Crippen LogP contribution >= 0.6 is 12.6 Å². The summed E-state index contributed by atoms with van der Waals surface area (Å²) in [6, 6.07) is 11.1. The van der Waals surface area contributed by atoms with E-state index in [-0.39, 0.29) is 55.6 Å². The third-order valence-corrected chi connectivity index (χ3v) is 6.10. The minimum Gasteiger partial charge on any atom is -0.507 e. The minimum absolute atomic E-state index is 0.0606. The number of ether oxygens (including phenoxy) is 2. The van der Waals surface area contributed by atoms with E-state index in [2.05, 4.69) is 34.9 Å². The fourth-order valence-electron chi connectivity index (χ4n) is 3.61. The van der Waals surface area contributed by atoms with E-state index in [0.717, 1.165) is 4.90 Å². The summed E-state index contributed by atoms with van der Waals surface area (Å²) < 4.78 is 10.1. The van der Waals surface area contributed by atoms with E-state index in [1.807, 2.05) is 24.3 Å². The molecule has 2 rings (SSSR count). The van der Waals surface area contributed by atoms with Crippen LogP contribution in [0, 0.1) is 20.8 Å². The molecule has 0 aliphatic rings. The summed E-state index contributed by atoms with van der Waals surface area (Å²) in [7, 11) is 4.64. The van der Waals surface area contributed by atoms with Crippen molar-refractivity contribution in [2.45, 2.75) is 63.2 Å². The van der Waals surface area contributed by atoms with Crippen molar-refractivity contribution in [2.75, 3.05) is 27.8 Å². The lowest BCUT2D eigenvalue weighted by molar-refractivity contribution is -0.141. The molecule has 3 atom stereocenters. The number of thiol groups is 1. The monoisotopic (exact) mass is 566 g/mol. The molecule has 39 heavy (non-hydrogen) atoms. The van der Waals surface area contributed by atoms with Crippen molar-refractivity contribution >= 4 is 31.0 Å². The quantitative estimate of drug-likeness (QED) is 0.137. The van der Waals surface area contributed by atoms with Gasteiger partial charge >= 0.3 is 5.97 Å². The first-order valence-electron chi connectivity index (χ1n) is 12.3. The van der Waals surface area contributed by atoms with Gasteiger partial charge in [-0.3, -0.25) is 14.4 Å². The molecular formula is C28H42N2O8S. The Bertz CT molecular complexity index is 973. The number of aliphatic hydroxyl groups excluding tert-OH is 1. The Labute approximate surface area is 236 Å². The Morgan fingerprint density at radius 1 is 1.08 bits per heavy atom. The van der Waals surface area contributed by atoms with E-state index >= 15 is 0 Å². The van der Waals surface area contributed by atoms with E-state index in [9.17, 15) is 19.8 Å². The number of benzene rings is 2. The molecule has 0 saturated carbocycles. The number of aromatic hydroxyl groups is 1. The van der Waals surface area contributed by atoms with E-state index < -0.39 is 6.10 Å². The predicted molar refractivity (Wildman–Crippen MR) is 153 cm³/mol. The second-order valence-corrected chi connectivity index (χ2v) is 9.30. The van der Waals surface area contributed by atoms with Gasteiger partial charge in [-0.15, -0.1) is 12.6 Å². The van der Waals surface area contributed by atoms with Gasteiger partial charge in [0.2, 0.25) is 0 Å². The predicted octanol–water partition coefficient (Wildman–Crippen LogP) is 3.03. The average molecular weight is 567 g/mol. The van der Waals surface area contributed by atoms with Gasteiger partial charge in [0, 0.05) is 43.0 Å². The van der Waals surface area contributed by atoms with Gasteiger partial charge in [-0.25, -0.2) is 0 Å². The maximum absolute atomic E-state index is 12.3. The molecule has 1 amide bonds. The zero-order valence-electron chi connectivity index (χ0n) is 23.4. The number of carboxylic acid groups (broad SMARTS) is 1. The fourth-order valence-corrected chi connectivity index (χ4v) is 3.76. The Morgan fingerprint density at radius 2 is 1.62 bits per heavy atom. The van der Waals surface area contributed by atoms with Gasteiger partial charge in [0.15, 0.2) is 0 Å². The number of aryl methyl sites for hydroxylation is 3. The lowest BCUT2D eigenvalue weighted by Gasteiger charge is -2.27. The van der Waals surface area contributed by atoms with Crippen LogP contribution < -0.4 is 10.6 Å². The molecule has 2 aromatic rings. The van der Waals surface area contributed by atoms with E-state index in [0.29, 0.717) is 23.1 Å². The number of methoxy groups -OCH3 is 2. The minimum atomic E-state index is -0.817. The molecule has 11 heteroatoms. The van der Waals surface area contributed by atoms with Crippen LogP contribution in [0.15, 0.2) is 41.3 Å². The van der Waals surface area contributed by atoms with Gasteiger partial charge < -0.3 is 35.4 Å². The molecule has 0 radical (unpaired) electrons. The molecule has 0 saturated heterocycles. The van der Waals surface area contributed by atoms with E-state index in [1.165, 1.54) is 12.7 Å². The summed E-state index contributed by atoms with van der Waals surface area (Å²) in [5.41, 5.74) is 2.94. The molecule has 0 bridgehead atoms. The first-order chi connectivity index (χ1) is 18.4. The van der Waals surface area contributed by atoms with Crippen LogP contribution in [0.3, 0.4) is 0 Å². The van der Waals surface area contributed by atoms with Crippen molar-refractivity contribution in [1.82, 2.24) is 10.6 Å². The van der Waals surface area contributed by atoms with Gasteiger partial charge in [0.05, 0.1) is 19.3 Å². The van der Waals surface area contributed by atoms with Crippen molar-refractivity contribution < 1.29 is 39.2 Å². The smallest absolute Gasteiger partial charge is 0.305 e. The molecule has 0 heterocycles. The van der Waals surface area contributed by atoms with Gasteiger partial charge in [-0.2, -0.15) is 0 Å². The fraction of sp³-hybridized carbons (Fsp3) is 0.464. The largest absolute Gasteiger partial charge is 0.507 e. The molecule has 0 spiro atoms. The van der Waals surface area contributed by atoms with Crippen LogP contribution in [0.4, 0.5) is 0 Å². The van der Waals surface area contributed by atoms with Gasteiger partial charge in [0.25, 0.3) is 12.4 Å². The van der Waals surface area contributed by atoms with Gasteiger partial charge in [-0.05, 0) is 69.6 Å². The van der Waals surface area contributed by atoms with E-state index in [1.54, 1.807) is 40.1 Å². The standard InChI is InChI=1S/C20H32N2O6.C7H8S.CH2O2/c1-12-8-14(9-13(2)19(12)25)20(26)22-11-15(23)10-17(27-4)16(21-3)6-7-18(24)28-5;1-6-2-4-7(8)5-3-6;2-1-3/h8-9,15-17,21,23,25H,6-7,10-11H2,1-5H3,(H,22,26);2-5,8H,1H3;1H,(H,2,3). The molecule has 5 N–H and O–H groups in total. The molecular weight excluding hydrogens is 524 g/mol. The zero-order chi connectivity index (χ0) is 30.0. The number of amides is 1. The number of hydrogen-bond acceptors (Lipinski definition) is 9. The highest BCUT2D eigenvalue weighted by atomic mass is 32.1. The third-order valence-electron chi connectivity index (χ3n) is 5.80. The maximum Gasteiger partial charge on any atom is 0.305 e. The lowest BCUT2D eigenvalue weighted by atomic mass is 9.99. The topological polar surface area (TPSA) is 154 Å². The van der Waals surface area contributed by atoms with Crippen molar-refractivity contribution in [3.05, 3.63) is 58.7 Å². The molecule has 0 fully saturated rings. The van der Waals surface area contributed by atoms with Crippen LogP contribution in [0.1, 0.15) is 46.3 Å². The average Bonchev–Trinajstić information content (AvgIpc) is 2.91. The van der Waals surface area contributed by atoms with Crippen LogP contribution in [0.5, 0.6) is 5.75 Å². The number of carbonyl (C=O) groups is 3. The first-order valence-corrected chi connectivity index (χ1v) is 12.7. The molecule has 10 nitrogen and oxygen atoms in total. The number of rotatable bonds is 11. The second kappa shape index (κ2) is 19.9. The highest BCUT2D eigenvalue weighted by molar-refractivity contribution is 7.80. The summed E-state index contributed by atoms with van der Waals surface area (Å²) >= 11 is 4.13. The second-order valence-electron chi connectivity index (χ2n) is 8.78. The number of carbonyl (C=O) groups excluding carboxylic acids is 2.